The van der Waals surface area contributed by atoms with Crippen LogP contribution in [0.2, 0.25) is 0 Å². The maximum Gasteiger partial charge on any atom is 0.125 e. The molecular weight excluding hydrogens is 226 g/mol. The molecule has 0 spiro atoms. The highest BCUT2D eigenvalue weighted by Gasteiger charge is 2.19. The van der Waals surface area contributed by atoms with Crippen LogP contribution in [-0.2, 0) is 6.54 Å². The Balaban J connectivity index is 1.87. The van der Waals surface area contributed by atoms with E-state index in [0.717, 1.165) is 31.9 Å². The van der Waals surface area contributed by atoms with Crippen molar-refractivity contribution in [3.8, 4) is 0 Å². The zero-order valence-electron chi connectivity index (χ0n) is 11.1. The Bertz CT molecular complexity index is 351. The number of anilines is 1. The zero-order chi connectivity index (χ0) is 12.8. The van der Waals surface area contributed by atoms with Gasteiger partial charge in [0.25, 0.3) is 0 Å². The molecule has 4 heteroatoms. The summed E-state index contributed by atoms with van der Waals surface area (Å²) in [7, 11) is 1.88. The number of aromatic nitrogens is 1. The molecule has 0 radical (unpaired) electrons. The summed E-state index contributed by atoms with van der Waals surface area (Å²) >= 11 is 0. The number of likely N-dealkylation sites (tertiary alicyclic amines) is 1. The van der Waals surface area contributed by atoms with Gasteiger partial charge in [0.2, 0.25) is 0 Å². The molecule has 100 valence electrons. The van der Waals surface area contributed by atoms with E-state index >= 15 is 0 Å². The predicted molar refractivity (Wildman–Crippen MR) is 73.5 cm³/mol. The molecule has 0 saturated carbocycles. The Morgan fingerprint density at radius 1 is 1.50 bits per heavy atom. The maximum absolute atomic E-state index is 9.02. The van der Waals surface area contributed by atoms with E-state index in [1.807, 2.05) is 19.3 Å². The lowest BCUT2D eigenvalue weighted by molar-refractivity contribution is 0.142. The first-order valence-corrected chi connectivity index (χ1v) is 6.77. The molecule has 0 bridgehead atoms. The van der Waals surface area contributed by atoms with Crippen LogP contribution in [0.3, 0.4) is 0 Å². The quantitative estimate of drug-likeness (QED) is 0.834. The van der Waals surface area contributed by atoms with E-state index in [-0.39, 0.29) is 0 Å². The van der Waals surface area contributed by atoms with Gasteiger partial charge in [0.05, 0.1) is 0 Å². The number of rotatable bonds is 5. The van der Waals surface area contributed by atoms with Crippen LogP contribution in [0.5, 0.6) is 0 Å². The second kappa shape index (κ2) is 6.71. The molecule has 4 nitrogen and oxygen atoms in total. The minimum absolute atomic E-state index is 0.316. The molecule has 18 heavy (non-hydrogen) atoms. The highest BCUT2D eigenvalue weighted by atomic mass is 16.3. The normalized spacial score (nSPS) is 20.9. The Morgan fingerprint density at radius 3 is 3.06 bits per heavy atom. The Morgan fingerprint density at radius 2 is 2.39 bits per heavy atom. The third-order valence-electron chi connectivity index (χ3n) is 3.63. The van der Waals surface area contributed by atoms with Crippen LogP contribution in [0.4, 0.5) is 5.82 Å². The number of aliphatic hydroxyl groups is 1. The van der Waals surface area contributed by atoms with E-state index in [2.05, 4.69) is 21.3 Å². The molecule has 1 aliphatic rings. The molecule has 0 aromatic carbocycles. The number of nitrogens with zero attached hydrogens (tertiary/aromatic N) is 2. The number of nitrogens with one attached hydrogen (secondary N) is 1. The lowest BCUT2D eigenvalue weighted by Crippen LogP contribution is -2.35. The van der Waals surface area contributed by atoms with E-state index < -0.39 is 0 Å². The van der Waals surface area contributed by atoms with Crippen LogP contribution >= 0.6 is 0 Å². The zero-order valence-corrected chi connectivity index (χ0v) is 11.1. The van der Waals surface area contributed by atoms with Crippen LogP contribution in [0.25, 0.3) is 0 Å². The van der Waals surface area contributed by atoms with Crippen molar-refractivity contribution in [2.75, 3.05) is 32.1 Å². The van der Waals surface area contributed by atoms with Gasteiger partial charge in [-0.2, -0.15) is 0 Å². The van der Waals surface area contributed by atoms with Gasteiger partial charge in [-0.05, 0) is 43.4 Å². The van der Waals surface area contributed by atoms with Gasteiger partial charge in [0.1, 0.15) is 5.82 Å². The SMILES string of the molecule is CNc1ccc(CN2CCCC(CCO)C2)cn1. The molecule has 1 aromatic rings. The first kappa shape index (κ1) is 13.3. The fourth-order valence-electron chi connectivity index (χ4n) is 2.64. The minimum Gasteiger partial charge on any atom is -0.396 e. The van der Waals surface area contributed by atoms with E-state index in [4.69, 9.17) is 5.11 Å². The van der Waals surface area contributed by atoms with Gasteiger partial charge in [-0.1, -0.05) is 6.07 Å². The molecule has 1 saturated heterocycles. The molecular formula is C14H23N3O. The van der Waals surface area contributed by atoms with Crippen molar-refractivity contribution in [3.05, 3.63) is 23.9 Å². The Hall–Kier alpha value is -1.13. The first-order valence-electron chi connectivity index (χ1n) is 6.77. The third-order valence-corrected chi connectivity index (χ3v) is 3.63. The summed E-state index contributed by atoms with van der Waals surface area (Å²) in [5, 5.41) is 12.0. The van der Waals surface area contributed by atoms with Crippen molar-refractivity contribution in [3.63, 3.8) is 0 Å². The number of aliphatic hydroxyl groups excluding tert-OH is 1. The number of hydrogen-bond donors (Lipinski definition) is 2. The molecule has 2 N–H and O–H groups in total. The van der Waals surface area contributed by atoms with Crippen molar-refractivity contribution >= 4 is 5.82 Å². The van der Waals surface area contributed by atoms with Gasteiger partial charge in [0, 0.05) is 32.9 Å². The smallest absolute Gasteiger partial charge is 0.125 e. The van der Waals surface area contributed by atoms with Crippen LogP contribution in [0.1, 0.15) is 24.8 Å². The second-order valence-electron chi connectivity index (χ2n) is 5.06. The van der Waals surface area contributed by atoms with Crippen LogP contribution in [0, 0.1) is 5.92 Å². The molecule has 1 aromatic heterocycles. The van der Waals surface area contributed by atoms with Crippen molar-refractivity contribution in [2.24, 2.45) is 5.92 Å². The molecule has 1 atom stereocenters. The summed E-state index contributed by atoms with van der Waals surface area (Å²) in [6.07, 6.45) is 5.38. The van der Waals surface area contributed by atoms with E-state index in [1.54, 1.807) is 0 Å². The largest absolute Gasteiger partial charge is 0.396 e. The topological polar surface area (TPSA) is 48.4 Å². The summed E-state index contributed by atoms with van der Waals surface area (Å²) in [5.74, 6) is 1.57. The maximum atomic E-state index is 9.02. The minimum atomic E-state index is 0.316. The second-order valence-corrected chi connectivity index (χ2v) is 5.06. The molecule has 0 amide bonds. The lowest BCUT2D eigenvalue weighted by atomic mass is 9.95. The van der Waals surface area contributed by atoms with E-state index in [0.29, 0.717) is 12.5 Å². The van der Waals surface area contributed by atoms with Crippen molar-refractivity contribution in [1.82, 2.24) is 9.88 Å². The standard InChI is InChI=1S/C14H23N3O/c1-15-14-5-4-13(9-16-14)11-17-7-2-3-12(10-17)6-8-18/h4-5,9,12,18H,2-3,6-8,10-11H2,1H3,(H,15,16). The average molecular weight is 249 g/mol. The molecule has 1 unspecified atom stereocenters. The lowest BCUT2D eigenvalue weighted by Gasteiger charge is -2.32. The van der Waals surface area contributed by atoms with Crippen LogP contribution in [-0.4, -0.2) is 41.7 Å². The van der Waals surface area contributed by atoms with Crippen LogP contribution in [0.15, 0.2) is 18.3 Å². The summed E-state index contributed by atoms with van der Waals surface area (Å²) in [6, 6.07) is 4.15. The van der Waals surface area contributed by atoms with Crippen molar-refractivity contribution in [1.29, 1.82) is 0 Å². The summed E-state index contributed by atoms with van der Waals surface area (Å²) < 4.78 is 0. The summed E-state index contributed by atoms with van der Waals surface area (Å²) in [4.78, 5) is 6.81. The summed E-state index contributed by atoms with van der Waals surface area (Å²) in [5.41, 5.74) is 1.26. The summed E-state index contributed by atoms with van der Waals surface area (Å²) in [6.45, 7) is 3.56. The van der Waals surface area contributed by atoms with Gasteiger partial charge in [-0.3, -0.25) is 4.90 Å². The molecule has 1 aliphatic heterocycles. The van der Waals surface area contributed by atoms with Gasteiger partial charge in [-0.25, -0.2) is 4.98 Å². The fourth-order valence-corrected chi connectivity index (χ4v) is 2.64. The monoisotopic (exact) mass is 249 g/mol. The Kier molecular flexibility index (Phi) is 4.96. The van der Waals surface area contributed by atoms with Gasteiger partial charge >= 0.3 is 0 Å². The van der Waals surface area contributed by atoms with Crippen molar-refractivity contribution < 1.29 is 5.11 Å². The highest BCUT2D eigenvalue weighted by molar-refractivity contribution is 5.34. The average Bonchev–Trinajstić information content (AvgIpc) is 2.40. The highest BCUT2D eigenvalue weighted by Crippen LogP contribution is 2.20. The number of pyridine rings is 1. The van der Waals surface area contributed by atoms with E-state index in [1.165, 1.54) is 18.4 Å². The van der Waals surface area contributed by atoms with E-state index in [9.17, 15) is 0 Å². The Labute approximate surface area is 109 Å². The third kappa shape index (κ3) is 3.68. The predicted octanol–water partition coefficient (Wildman–Crippen LogP) is 1.72. The first-order chi connectivity index (χ1) is 8.81. The van der Waals surface area contributed by atoms with Gasteiger partial charge in [0.15, 0.2) is 0 Å². The number of hydrogen-bond acceptors (Lipinski definition) is 4. The van der Waals surface area contributed by atoms with Crippen LogP contribution < -0.4 is 5.32 Å². The molecule has 0 aliphatic carbocycles. The molecule has 1 fully saturated rings. The molecule has 2 rings (SSSR count). The van der Waals surface area contributed by atoms with Gasteiger partial charge in [-0.15, -0.1) is 0 Å². The van der Waals surface area contributed by atoms with Crippen molar-refractivity contribution in [2.45, 2.75) is 25.8 Å². The number of piperidine rings is 1. The van der Waals surface area contributed by atoms with Gasteiger partial charge < -0.3 is 10.4 Å². The fraction of sp³-hybridized carbons (Fsp3) is 0.643. The molecule has 2 heterocycles.